The molecular formula is C21H18ClN3O5S. The lowest BCUT2D eigenvalue weighted by molar-refractivity contribution is -0.135. The highest BCUT2D eigenvalue weighted by Crippen LogP contribution is 2.29. The monoisotopic (exact) mass is 459 g/mol. The van der Waals surface area contributed by atoms with Gasteiger partial charge in [0.1, 0.15) is 6.61 Å². The molecule has 1 fully saturated rings. The molecule has 1 N–H and O–H groups in total. The lowest BCUT2D eigenvalue weighted by atomic mass is 10.2. The number of amides is 1. The molecule has 2 aromatic rings. The van der Waals surface area contributed by atoms with Crippen molar-refractivity contribution in [3.63, 3.8) is 0 Å². The van der Waals surface area contributed by atoms with Crippen LogP contribution in [-0.2, 0) is 20.9 Å². The van der Waals surface area contributed by atoms with Crippen molar-refractivity contribution >= 4 is 46.6 Å². The number of methoxy groups -OCH3 is 2. The van der Waals surface area contributed by atoms with Crippen LogP contribution in [0.2, 0.25) is 5.02 Å². The first kappa shape index (κ1) is 22.4. The molecule has 2 aromatic carbocycles. The van der Waals surface area contributed by atoms with Gasteiger partial charge in [0, 0.05) is 11.1 Å². The molecule has 0 saturated carbocycles. The van der Waals surface area contributed by atoms with Crippen molar-refractivity contribution in [2.24, 2.45) is 10.2 Å². The normalized spacial score (nSPS) is 16.0. The quantitative estimate of drug-likeness (QED) is 0.294. The van der Waals surface area contributed by atoms with Gasteiger partial charge in [-0.1, -0.05) is 23.7 Å². The predicted molar refractivity (Wildman–Crippen MR) is 120 cm³/mol. The predicted octanol–water partition coefficient (Wildman–Crippen LogP) is 3.54. The summed E-state index contributed by atoms with van der Waals surface area (Å²) in [5, 5.41) is 11.4. The second-order valence-electron chi connectivity index (χ2n) is 6.06. The Morgan fingerprint density at radius 3 is 2.65 bits per heavy atom. The van der Waals surface area contributed by atoms with E-state index in [4.69, 9.17) is 21.1 Å². The molecular weight excluding hydrogens is 442 g/mol. The lowest BCUT2D eigenvalue weighted by Crippen LogP contribution is -2.19. The number of carbonyl (C=O) groups is 2. The van der Waals surface area contributed by atoms with Crippen LogP contribution < -0.4 is 14.8 Å². The van der Waals surface area contributed by atoms with Crippen molar-refractivity contribution in [3.05, 3.63) is 69.6 Å². The largest absolute Gasteiger partial charge is 0.493 e. The minimum Gasteiger partial charge on any atom is -0.493 e. The Hall–Kier alpha value is -3.30. The summed E-state index contributed by atoms with van der Waals surface area (Å²) in [6.07, 6.45) is 2.61. The highest BCUT2D eigenvalue weighted by atomic mass is 35.5. The van der Waals surface area contributed by atoms with E-state index in [9.17, 15) is 9.59 Å². The number of amidine groups is 1. The summed E-state index contributed by atoms with van der Waals surface area (Å²) in [7, 11) is 2.79. The standard InChI is InChI=1S/C21H18ClN3O5S/c1-28-16-8-5-14(9-17(16)30-12-13-3-6-15(22)7-4-13)11-23-25-21-24-20(27)18(31-21)10-19(26)29-2/h3-11H,12H2,1-2H3,(H,24,25,27)/b18-10+,23-11?. The number of rotatable bonds is 7. The molecule has 0 bridgehead atoms. The second kappa shape index (κ2) is 10.6. The van der Waals surface area contributed by atoms with E-state index >= 15 is 0 Å². The molecule has 1 aliphatic rings. The van der Waals surface area contributed by atoms with Gasteiger partial charge in [-0.05, 0) is 53.2 Å². The summed E-state index contributed by atoms with van der Waals surface area (Å²) in [6.45, 7) is 0.342. The van der Waals surface area contributed by atoms with Crippen LogP contribution in [0.1, 0.15) is 11.1 Å². The Morgan fingerprint density at radius 1 is 1.16 bits per heavy atom. The van der Waals surface area contributed by atoms with E-state index in [0.717, 1.165) is 29.0 Å². The number of hydrogen-bond acceptors (Lipinski definition) is 8. The summed E-state index contributed by atoms with van der Waals surface area (Å²) in [5.74, 6) is 0.0629. The molecule has 1 amide bonds. The molecule has 1 heterocycles. The summed E-state index contributed by atoms with van der Waals surface area (Å²) >= 11 is 6.90. The first-order valence-corrected chi connectivity index (χ1v) is 10.1. The van der Waals surface area contributed by atoms with Crippen molar-refractivity contribution in [1.82, 2.24) is 5.32 Å². The van der Waals surface area contributed by atoms with Gasteiger partial charge >= 0.3 is 5.97 Å². The van der Waals surface area contributed by atoms with E-state index in [1.807, 2.05) is 12.1 Å². The average Bonchev–Trinajstić information content (AvgIpc) is 3.12. The van der Waals surface area contributed by atoms with Crippen LogP contribution in [0, 0.1) is 0 Å². The van der Waals surface area contributed by atoms with Gasteiger partial charge in [-0.2, -0.15) is 5.10 Å². The Morgan fingerprint density at radius 2 is 1.94 bits per heavy atom. The maximum absolute atomic E-state index is 11.8. The summed E-state index contributed by atoms with van der Waals surface area (Å²) in [6, 6.07) is 12.7. The Bertz CT molecular complexity index is 1070. The number of benzene rings is 2. The molecule has 0 aliphatic carbocycles. The van der Waals surface area contributed by atoms with Gasteiger partial charge in [0.2, 0.25) is 0 Å². The molecule has 0 aromatic heterocycles. The number of nitrogens with zero attached hydrogens (tertiary/aromatic N) is 2. The minimum absolute atomic E-state index is 0.183. The SMILES string of the molecule is COC(=O)/C=C1/S/C(=N\N=Cc2ccc(OC)c(OCc3ccc(Cl)cc3)c2)NC1=O. The number of halogens is 1. The third kappa shape index (κ3) is 6.34. The van der Waals surface area contributed by atoms with Gasteiger partial charge in [-0.15, -0.1) is 5.10 Å². The van der Waals surface area contributed by atoms with Gasteiger partial charge in [0.25, 0.3) is 5.91 Å². The summed E-state index contributed by atoms with van der Waals surface area (Å²) in [4.78, 5) is 23.3. The van der Waals surface area contributed by atoms with Gasteiger partial charge in [-0.3, -0.25) is 10.1 Å². The zero-order valence-electron chi connectivity index (χ0n) is 16.6. The van der Waals surface area contributed by atoms with E-state index in [0.29, 0.717) is 23.1 Å². The Labute approximate surface area is 187 Å². The fourth-order valence-corrected chi connectivity index (χ4v) is 3.28. The fraction of sp³-hybridized carbons (Fsp3) is 0.143. The van der Waals surface area contributed by atoms with Gasteiger partial charge < -0.3 is 14.2 Å². The highest BCUT2D eigenvalue weighted by molar-refractivity contribution is 8.18. The molecule has 0 radical (unpaired) electrons. The van der Waals surface area contributed by atoms with Crippen molar-refractivity contribution in [3.8, 4) is 11.5 Å². The van der Waals surface area contributed by atoms with Crippen LogP contribution in [-0.4, -0.2) is 37.5 Å². The Kier molecular flexibility index (Phi) is 7.69. The van der Waals surface area contributed by atoms with Gasteiger partial charge in [0.05, 0.1) is 25.3 Å². The number of esters is 1. The number of hydrogen-bond donors (Lipinski definition) is 1. The van der Waals surface area contributed by atoms with Crippen molar-refractivity contribution in [1.29, 1.82) is 0 Å². The number of carbonyl (C=O) groups excluding carboxylic acids is 2. The molecule has 0 atom stereocenters. The molecule has 1 saturated heterocycles. The van der Waals surface area contributed by atoms with Crippen LogP contribution in [0.25, 0.3) is 0 Å². The zero-order valence-corrected chi connectivity index (χ0v) is 18.2. The summed E-state index contributed by atoms with van der Waals surface area (Å²) < 4.78 is 15.7. The molecule has 31 heavy (non-hydrogen) atoms. The topological polar surface area (TPSA) is 98.6 Å². The first-order chi connectivity index (χ1) is 15.0. The molecule has 0 unspecified atom stereocenters. The maximum Gasteiger partial charge on any atom is 0.331 e. The molecule has 3 rings (SSSR count). The van der Waals surface area contributed by atoms with E-state index in [1.165, 1.54) is 13.3 Å². The number of nitrogens with one attached hydrogen (secondary N) is 1. The third-order valence-electron chi connectivity index (χ3n) is 3.95. The summed E-state index contributed by atoms with van der Waals surface area (Å²) in [5.41, 5.74) is 1.68. The highest BCUT2D eigenvalue weighted by Gasteiger charge is 2.25. The fourth-order valence-electron chi connectivity index (χ4n) is 2.42. The molecule has 1 aliphatic heterocycles. The van der Waals surface area contributed by atoms with Crippen molar-refractivity contribution < 1.29 is 23.8 Å². The van der Waals surface area contributed by atoms with Crippen LogP contribution in [0.3, 0.4) is 0 Å². The molecule has 8 nitrogen and oxygen atoms in total. The van der Waals surface area contributed by atoms with E-state index in [2.05, 4.69) is 20.3 Å². The van der Waals surface area contributed by atoms with E-state index < -0.39 is 11.9 Å². The molecule has 160 valence electrons. The smallest absolute Gasteiger partial charge is 0.331 e. The zero-order chi connectivity index (χ0) is 22.2. The Balaban J connectivity index is 1.68. The van der Waals surface area contributed by atoms with Crippen LogP contribution in [0.5, 0.6) is 11.5 Å². The van der Waals surface area contributed by atoms with Gasteiger partial charge in [0.15, 0.2) is 16.7 Å². The third-order valence-corrected chi connectivity index (χ3v) is 5.10. The van der Waals surface area contributed by atoms with E-state index in [-0.39, 0.29) is 10.1 Å². The average molecular weight is 460 g/mol. The molecule has 10 heteroatoms. The van der Waals surface area contributed by atoms with Crippen molar-refractivity contribution in [2.45, 2.75) is 6.61 Å². The maximum atomic E-state index is 11.8. The van der Waals surface area contributed by atoms with Crippen LogP contribution in [0.15, 0.2) is 63.6 Å². The van der Waals surface area contributed by atoms with Gasteiger partial charge in [-0.25, -0.2) is 4.79 Å². The first-order valence-electron chi connectivity index (χ1n) is 8.93. The minimum atomic E-state index is -0.619. The number of ether oxygens (including phenoxy) is 3. The van der Waals surface area contributed by atoms with E-state index in [1.54, 1.807) is 37.4 Å². The second-order valence-corrected chi connectivity index (χ2v) is 7.53. The van der Waals surface area contributed by atoms with Crippen molar-refractivity contribution in [2.75, 3.05) is 14.2 Å². The van der Waals surface area contributed by atoms with Crippen LogP contribution in [0.4, 0.5) is 0 Å². The van der Waals surface area contributed by atoms with Crippen LogP contribution >= 0.6 is 23.4 Å². The molecule has 0 spiro atoms. The number of thioether (sulfide) groups is 1. The lowest BCUT2D eigenvalue weighted by Gasteiger charge is -2.11.